The van der Waals surface area contributed by atoms with Crippen molar-refractivity contribution >= 4 is 0 Å². The first-order chi connectivity index (χ1) is 10.8. The molecule has 0 aromatic heterocycles. The van der Waals surface area contributed by atoms with E-state index in [9.17, 15) is 30.6 Å². The monoisotopic (exact) mass is 342 g/mol. The number of aliphatic hydroxyl groups is 8. The van der Waals surface area contributed by atoms with E-state index in [1.54, 1.807) is 0 Å². The summed E-state index contributed by atoms with van der Waals surface area (Å²) in [6.07, 6.45) is -12.2. The van der Waals surface area contributed by atoms with Gasteiger partial charge in [0.1, 0.15) is 42.7 Å². The Bertz CT molecular complexity index is 393. The van der Waals surface area contributed by atoms with Crippen molar-refractivity contribution in [2.45, 2.75) is 54.8 Å². The molecule has 8 N–H and O–H groups in total. The fourth-order valence-electron chi connectivity index (χ4n) is 2.63. The van der Waals surface area contributed by atoms with Gasteiger partial charge in [-0.15, -0.1) is 0 Å². The molecule has 11 heteroatoms. The number of hydrogen-bond acceptors (Lipinski definition) is 11. The van der Waals surface area contributed by atoms with Crippen LogP contribution in [0.1, 0.15) is 0 Å². The molecule has 0 aromatic rings. The lowest BCUT2D eigenvalue weighted by molar-refractivity contribution is -0.318. The minimum atomic E-state index is -2.37. The molecule has 2 saturated heterocycles. The minimum Gasteiger partial charge on any atom is -0.394 e. The second-order valence-electron chi connectivity index (χ2n) is 5.58. The molecule has 11 nitrogen and oxygen atoms in total. The van der Waals surface area contributed by atoms with E-state index in [0.29, 0.717) is 0 Å². The normalized spacial score (nSPS) is 51.1. The van der Waals surface area contributed by atoms with Crippen LogP contribution in [-0.4, -0.2) is 115 Å². The molecule has 2 heterocycles. The number of hydrogen-bond donors (Lipinski definition) is 8. The Morgan fingerprint density at radius 1 is 0.870 bits per heavy atom. The second-order valence-corrected chi connectivity index (χ2v) is 5.58. The predicted octanol–water partition coefficient (Wildman–Crippen LogP) is -5.40. The van der Waals surface area contributed by atoms with Gasteiger partial charge in [-0.05, 0) is 0 Å². The van der Waals surface area contributed by atoms with Crippen LogP contribution in [0.25, 0.3) is 0 Å². The van der Waals surface area contributed by atoms with Gasteiger partial charge in [-0.2, -0.15) is 0 Å². The first-order valence-corrected chi connectivity index (χ1v) is 7.05. The van der Waals surface area contributed by atoms with Crippen molar-refractivity contribution < 1.29 is 55.1 Å². The van der Waals surface area contributed by atoms with Crippen molar-refractivity contribution in [1.29, 1.82) is 0 Å². The molecule has 23 heavy (non-hydrogen) atoms. The Morgan fingerprint density at radius 2 is 1.48 bits per heavy atom. The van der Waals surface area contributed by atoms with Gasteiger partial charge in [-0.1, -0.05) is 0 Å². The maximum absolute atomic E-state index is 10.00. The molecule has 9 atom stereocenters. The van der Waals surface area contributed by atoms with Crippen molar-refractivity contribution in [2.75, 3.05) is 19.8 Å². The lowest BCUT2D eigenvalue weighted by Gasteiger charge is -2.41. The van der Waals surface area contributed by atoms with Crippen LogP contribution >= 0.6 is 0 Å². The Kier molecular flexibility index (Phi) is 5.92. The summed E-state index contributed by atoms with van der Waals surface area (Å²) in [4.78, 5) is 0. The van der Waals surface area contributed by atoms with E-state index in [0.717, 1.165) is 0 Å². The summed E-state index contributed by atoms with van der Waals surface area (Å²) in [5.41, 5.74) is 0. The zero-order valence-electron chi connectivity index (χ0n) is 12.0. The maximum Gasteiger partial charge on any atom is 0.219 e. The molecule has 0 aliphatic carbocycles. The van der Waals surface area contributed by atoms with E-state index in [4.69, 9.17) is 24.4 Å². The van der Waals surface area contributed by atoms with Crippen LogP contribution in [0, 0.1) is 0 Å². The Morgan fingerprint density at radius 3 is 2.00 bits per heavy atom. The maximum atomic E-state index is 10.00. The minimum absolute atomic E-state index is 0.668. The lowest BCUT2D eigenvalue weighted by atomic mass is 9.99. The summed E-state index contributed by atoms with van der Waals surface area (Å²) in [7, 11) is 0. The third-order valence-electron chi connectivity index (χ3n) is 4.04. The first kappa shape index (κ1) is 18.9. The number of aliphatic hydroxyl groups excluding tert-OH is 7. The molecule has 0 unspecified atom stereocenters. The molecule has 136 valence electrons. The van der Waals surface area contributed by atoms with Gasteiger partial charge in [-0.3, -0.25) is 0 Å². The lowest BCUT2D eigenvalue weighted by Crippen LogP contribution is -2.60. The average Bonchev–Trinajstić information content (AvgIpc) is 2.80. The van der Waals surface area contributed by atoms with Crippen LogP contribution in [0.15, 0.2) is 0 Å². The summed E-state index contributed by atoms with van der Waals surface area (Å²) in [5.74, 6) is -2.37. The highest BCUT2D eigenvalue weighted by Gasteiger charge is 2.56. The van der Waals surface area contributed by atoms with Crippen molar-refractivity contribution in [2.24, 2.45) is 0 Å². The van der Waals surface area contributed by atoms with Gasteiger partial charge in [0.05, 0.1) is 19.8 Å². The van der Waals surface area contributed by atoms with Crippen LogP contribution in [0.2, 0.25) is 0 Å². The Labute approximate surface area is 130 Å². The van der Waals surface area contributed by atoms with Crippen LogP contribution in [0.3, 0.4) is 0 Å². The van der Waals surface area contributed by atoms with E-state index < -0.39 is 74.6 Å². The van der Waals surface area contributed by atoms with Crippen LogP contribution in [0.5, 0.6) is 0 Å². The van der Waals surface area contributed by atoms with Gasteiger partial charge < -0.3 is 55.1 Å². The van der Waals surface area contributed by atoms with Crippen LogP contribution < -0.4 is 0 Å². The van der Waals surface area contributed by atoms with Crippen molar-refractivity contribution in [3.63, 3.8) is 0 Å². The molecule has 0 bridgehead atoms. The van der Waals surface area contributed by atoms with Gasteiger partial charge in [0, 0.05) is 0 Å². The van der Waals surface area contributed by atoms with Crippen LogP contribution in [0.4, 0.5) is 0 Å². The summed E-state index contributed by atoms with van der Waals surface area (Å²) in [6, 6.07) is 0. The first-order valence-electron chi connectivity index (χ1n) is 7.05. The Balaban J connectivity index is 2.13. The summed E-state index contributed by atoms with van der Waals surface area (Å²) < 4.78 is 15.3. The summed E-state index contributed by atoms with van der Waals surface area (Å²) >= 11 is 0. The van der Waals surface area contributed by atoms with Gasteiger partial charge in [0.15, 0.2) is 6.29 Å². The third kappa shape index (κ3) is 3.36. The second kappa shape index (κ2) is 7.21. The topological polar surface area (TPSA) is 190 Å². The molecular formula is C12H22O11. The van der Waals surface area contributed by atoms with Gasteiger partial charge in [0.25, 0.3) is 0 Å². The molecule has 0 spiro atoms. The van der Waals surface area contributed by atoms with Crippen molar-refractivity contribution in [1.82, 2.24) is 0 Å². The quantitative estimate of drug-likeness (QED) is 0.238. The average molecular weight is 342 g/mol. The van der Waals surface area contributed by atoms with E-state index >= 15 is 0 Å². The highest BCUT2D eigenvalue weighted by Crippen LogP contribution is 2.33. The molecule has 2 rings (SSSR count). The fourth-order valence-corrected chi connectivity index (χ4v) is 2.63. The molecule has 2 fully saturated rings. The zero-order chi connectivity index (χ0) is 17.4. The van der Waals surface area contributed by atoms with Crippen molar-refractivity contribution in [3.05, 3.63) is 0 Å². The predicted molar refractivity (Wildman–Crippen MR) is 68.6 cm³/mol. The molecule has 2 aliphatic heterocycles. The summed E-state index contributed by atoms with van der Waals surface area (Å²) in [5, 5.41) is 76.5. The van der Waals surface area contributed by atoms with E-state index in [1.165, 1.54) is 0 Å². The van der Waals surface area contributed by atoms with Crippen molar-refractivity contribution in [3.8, 4) is 0 Å². The molecule has 0 aromatic carbocycles. The molecule has 0 saturated carbocycles. The smallest absolute Gasteiger partial charge is 0.219 e. The SMILES string of the molecule is OC[C@H]1O[C@@H](O[C@H]2[C@@H](CO)O[C@](O)(CO)[C@H]2O)[C@H](O)[C@@H](O)[C@@H]1O. The van der Waals surface area contributed by atoms with E-state index in [1.807, 2.05) is 0 Å². The zero-order valence-corrected chi connectivity index (χ0v) is 12.0. The standard InChI is InChI=1S/C12H22O11/c13-1-4-6(16)7(17)8(18)11(21-4)22-9-5(2-14)23-12(20,3-15)10(9)19/h4-11,13-20H,1-3H2/t4-,5-,6-,7+,8-,9+,10+,11+,12-/m1/s1. The highest BCUT2D eigenvalue weighted by molar-refractivity contribution is 4.98. The molecule has 2 aliphatic rings. The molecular weight excluding hydrogens is 320 g/mol. The molecule has 0 amide bonds. The summed E-state index contributed by atoms with van der Waals surface area (Å²) in [6.45, 7) is -2.32. The van der Waals surface area contributed by atoms with E-state index in [2.05, 4.69) is 0 Å². The van der Waals surface area contributed by atoms with E-state index in [-0.39, 0.29) is 0 Å². The highest BCUT2D eigenvalue weighted by atomic mass is 16.7. The molecule has 0 radical (unpaired) electrons. The number of rotatable bonds is 5. The number of ether oxygens (including phenoxy) is 3. The van der Waals surface area contributed by atoms with Crippen LogP contribution in [-0.2, 0) is 14.2 Å². The Hall–Kier alpha value is -0.440. The van der Waals surface area contributed by atoms with Gasteiger partial charge in [-0.25, -0.2) is 0 Å². The van der Waals surface area contributed by atoms with Gasteiger partial charge >= 0.3 is 0 Å². The third-order valence-corrected chi connectivity index (χ3v) is 4.04. The largest absolute Gasteiger partial charge is 0.394 e. The van der Waals surface area contributed by atoms with Gasteiger partial charge in [0.2, 0.25) is 5.79 Å². The fraction of sp³-hybridized carbons (Fsp3) is 1.00.